The van der Waals surface area contributed by atoms with Gasteiger partial charge in [0, 0.05) is 13.2 Å². The summed E-state index contributed by atoms with van der Waals surface area (Å²) in [5.41, 5.74) is -1.16. The zero-order chi connectivity index (χ0) is 19.0. The Kier molecular flexibility index (Phi) is 4.30. The van der Waals surface area contributed by atoms with Crippen LogP contribution in [0.5, 0.6) is 0 Å². The minimum absolute atomic E-state index is 0.0569. The molecule has 0 aliphatic carbocycles. The van der Waals surface area contributed by atoms with Gasteiger partial charge >= 0.3 is 6.18 Å². The van der Waals surface area contributed by atoms with Crippen LogP contribution in [0.25, 0.3) is 17.2 Å². The molecule has 1 atom stereocenters. The number of nitrogens with one attached hydrogen (secondary N) is 1. The van der Waals surface area contributed by atoms with Crippen molar-refractivity contribution in [3.63, 3.8) is 0 Å². The predicted molar refractivity (Wildman–Crippen MR) is 84.8 cm³/mol. The highest BCUT2D eigenvalue weighted by Gasteiger charge is 2.36. The van der Waals surface area contributed by atoms with E-state index in [2.05, 4.69) is 20.4 Å². The van der Waals surface area contributed by atoms with E-state index in [0.29, 0.717) is 11.1 Å². The third-order valence-electron chi connectivity index (χ3n) is 4.09. The molecule has 0 unspecified atom stereocenters. The van der Waals surface area contributed by atoms with Crippen LogP contribution in [0.3, 0.4) is 0 Å². The van der Waals surface area contributed by atoms with E-state index in [1.165, 1.54) is 18.4 Å². The number of furan rings is 1. The summed E-state index contributed by atoms with van der Waals surface area (Å²) in [7, 11) is 0. The van der Waals surface area contributed by atoms with Gasteiger partial charge in [0.25, 0.3) is 11.7 Å². The third kappa shape index (κ3) is 3.50. The molecule has 1 N–H and O–H groups in total. The number of carbonyl (C=O) groups excluding carboxylic acids is 1. The second-order valence-electron chi connectivity index (χ2n) is 5.99. The molecule has 0 saturated carbocycles. The van der Waals surface area contributed by atoms with Gasteiger partial charge in [-0.1, -0.05) is 0 Å². The van der Waals surface area contributed by atoms with E-state index in [1.807, 2.05) is 0 Å². The standard InChI is InChI=1S/C16H14F3N5O3/c17-16(18,19)12-7-10(11-4-2-6-27-11)21-15-22-13(23-24(12)15)14(25)20-8-9-3-1-5-26-9/h2,4,6-7,9H,1,3,5,8H2,(H,20,25)/t9-/m1/s1. The molecule has 0 bridgehead atoms. The number of hydrogen-bond donors (Lipinski definition) is 1. The van der Waals surface area contributed by atoms with Gasteiger partial charge in [0.05, 0.1) is 12.4 Å². The van der Waals surface area contributed by atoms with Crippen LogP contribution in [0.4, 0.5) is 13.2 Å². The first-order valence-electron chi connectivity index (χ1n) is 8.20. The monoisotopic (exact) mass is 381 g/mol. The topological polar surface area (TPSA) is 94.5 Å². The summed E-state index contributed by atoms with van der Waals surface area (Å²) >= 11 is 0. The van der Waals surface area contributed by atoms with E-state index in [4.69, 9.17) is 9.15 Å². The largest absolute Gasteiger partial charge is 0.463 e. The van der Waals surface area contributed by atoms with Crippen molar-refractivity contribution in [2.75, 3.05) is 13.2 Å². The van der Waals surface area contributed by atoms with Crippen molar-refractivity contribution < 1.29 is 27.1 Å². The van der Waals surface area contributed by atoms with E-state index in [0.717, 1.165) is 18.9 Å². The average Bonchev–Trinajstić information content (AvgIpc) is 3.38. The van der Waals surface area contributed by atoms with Crippen LogP contribution in [0.15, 0.2) is 28.9 Å². The zero-order valence-electron chi connectivity index (χ0n) is 13.9. The molecule has 4 rings (SSSR count). The maximum atomic E-state index is 13.4. The lowest BCUT2D eigenvalue weighted by molar-refractivity contribution is -0.142. The highest BCUT2D eigenvalue weighted by Crippen LogP contribution is 2.31. The van der Waals surface area contributed by atoms with Crippen molar-refractivity contribution >= 4 is 11.7 Å². The van der Waals surface area contributed by atoms with E-state index in [-0.39, 0.29) is 29.9 Å². The first kappa shape index (κ1) is 17.5. The summed E-state index contributed by atoms with van der Waals surface area (Å²) in [5, 5.41) is 6.26. The van der Waals surface area contributed by atoms with Gasteiger partial charge < -0.3 is 14.5 Å². The number of aromatic nitrogens is 4. The number of nitrogens with zero attached hydrogens (tertiary/aromatic N) is 4. The van der Waals surface area contributed by atoms with Crippen molar-refractivity contribution in [2.24, 2.45) is 0 Å². The Bertz CT molecular complexity index is 962. The lowest BCUT2D eigenvalue weighted by atomic mass is 10.2. The molecule has 8 nitrogen and oxygen atoms in total. The number of ether oxygens (including phenoxy) is 1. The van der Waals surface area contributed by atoms with Crippen LogP contribution in [0.2, 0.25) is 0 Å². The van der Waals surface area contributed by atoms with Crippen molar-refractivity contribution in [1.82, 2.24) is 24.9 Å². The molecule has 1 amide bonds. The molecule has 0 aromatic carbocycles. The molecule has 0 radical (unpaired) electrons. The van der Waals surface area contributed by atoms with E-state index < -0.39 is 23.6 Å². The van der Waals surface area contributed by atoms with E-state index >= 15 is 0 Å². The van der Waals surface area contributed by atoms with E-state index in [9.17, 15) is 18.0 Å². The zero-order valence-corrected chi connectivity index (χ0v) is 13.9. The number of carbonyl (C=O) groups is 1. The van der Waals surface area contributed by atoms with Crippen molar-refractivity contribution in [3.8, 4) is 11.5 Å². The Labute approximate surface area is 150 Å². The van der Waals surface area contributed by atoms with Crippen LogP contribution in [-0.4, -0.2) is 44.7 Å². The highest BCUT2D eigenvalue weighted by atomic mass is 19.4. The molecule has 1 aliphatic rings. The fourth-order valence-electron chi connectivity index (χ4n) is 2.81. The fourth-order valence-corrected chi connectivity index (χ4v) is 2.81. The fraction of sp³-hybridized carbons (Fsp3) is 0.375. The molecule has 1 saturated heterocycles. The van der Waals surface area contributed by atoms with Crippen molar-refractivity contribution in [1.29, 1.82) is 0 Å². The maximum Gasteiger partial charge on any atom is 0.433 e. The van der Waals surface area contributed by atoms with Crippen LogP contribution in [-0.2, 0) is 10.9 Å². The summed E-state index contributed by atoms with van der Waals surface area (Å²) in [6, 6.07) is 3.81. The number of alkyl halides is 3. The van der Waals surface area contributed by atoms with Crippen LogP contribution >= 0.6 is 0 Å². The molecule has 3 aromatic heterocycles. The van der Waals surface area contributed by atoms with Crippen LogP contribution in [0, 0.1) is 0 Å². The molecule has 11 heteroatoms. The first-order chi connectivity index (χ1) is 12.9. The van der Waals surface area contributed by atoms with Gasteiger partial charge in [0.15, 0.2) is 11.5 Å². The lowest BCUT2D eigenvalue weighted by Gasteiger charge is -2.09. The van der Waals surface area contributed by atoms with Gasteiger partial charge in [0.1, 0.15) is 5.69 Å². The second kappa shape index (κ2) is 6.65. The van der Waals surface area contributed by atoms with Gasteiger partial charge in [-0.05, 0) is 31.0 Å². The summed E-state index contributed by atoms with van der Waals surface area (Å²) < 4.78 is 51.3. The van der Waals surface area contributed by atoms with Crippen LogP contribution in [0.1, 0.15) is 29.2 Å². The number of amides is 1. The lowest BCUT2D eigenvalue weighted by Crippen LogP contribution is -2.32. The number of halogens is 3. The Hall–Kier alpha value is -2.95. The Morgan fingerprint density at radius 2 is 2.22 bits per heavy atom. The normalized spacial score (nSPS) is 17.5. The minimum Gasteiger partial charge on any atom is -0.463 e. The van der Waals surface area contributed by atoms with Gasteiger partial charge in [-0.2, -0.15) is 22.7 Å². The first-order valence-corrected chi connectivity index (χ1v) is 8.20. The van der Waals surface area contributed by atoms with Crippen molar-refractivity contribution in [2.45, 2.75) is 25.1 Å². The smallest absolute Gasteiger partial charge is 0.433 e. The molecular formula is C16H14F3N5O3. The summed E-state index contributed by atoms with van der Waals surface area (Å²) in [5.74, 6) is -1.29. The quantitative estimate of drug-likeness (QED) is 0.745. The molecule has 3 aromatic rings. The molecule has 0 spiro atoms. The van der Waals surface area contributed by atoms with Gasteiger partial charge in [0.2, 0.25) is 5.82 Å². The number of rotatable bonds is 4. The second-order valence-corrected chi connectivity index (χ2v) is 5.99. The Morgan fingerprint density at radius 3 is 2.89 bits per heavy atom. The molecular weight excluding hydrogens is 367 g/mol. The number of fused-ring (bicyclic) bond motifs is 1. The molecule has 27 heavy (non-hydrogen) atoms. The summed E-state index contributed by atoms with van der Waals surface area (Å²) in [6.45, 7) is 0.868. The molecule has 1 fully saturated rings. The SMILES string of the molecule is O=C(NC[C@H]1CCCO1)c1nc2nc(-c3ccco3)cc(C(F)(F)F)n2n1. The summed E-state index contributed by atoms with van der Waals surface area (Å²) in [4.78, 5) is 20.1. The average molecular weight is 381 g/mol. The predicted octanol–water partition coefficient (Wildman–Crippen LogP) is 2.31. The molecule has 142 valence electrons. The van der Waals surface area contributed by atoms with Gasteiger partial charge in [-0.15, -0.1) is 5.10 Å². The minimum atomic E-state index is -4.72. The van der Waals surface area contributed by atoms with Gasteiger partial charge in [-0.3, -0.25) is 4.79 Å². The Balaban J connectivity index is 1.68. The van der Waals surface area contributed by atoms with Crippen molar-refractivity contribution in [3.05, 3.63) is 36.0 Å². The maximum absolute atomic E-state index is 13.4. The summed E-state index contributed by atoms with van der Waals surface area (Å²) in [6.07, 6.45) is -1.79. The van der Waals surface area contributed by atoms with Gasteiger partial charge in [-0.25, -0.2) is 4.98 Å². The third-order valence-corrected chi connectivity index (χ3v) is 4.09. The van der Waals surface area contributed by atoms with Crippen LogP contribution < -0.4 is 5.32 Å². The molecule has 1 aliphatic heterocycles. The highest BCUT2D eigenvalue weighted by molar-refractivity contribution is 5.90. The van der Waals surface area contributed by atoms with E-state index in [1.54, 1.807) is 0 Å². The Morgan fingerprint density at radius 1 is 1.37 bits per heavy atom. The number of hydrogen-bond acceptors (Lipinski definition) is 6. The molecule has 4 heterocycles.